The third kappa shape index (κ3) is 6.03. The molecule has 1 saturated heterocycles. The fourth-order valence-corrected chi connectivity index (χ4v) is 16.4. The molecule has 9 aliphatic carbocycles. The average molecular weight is 675 g/mol. The number of rotatable bonds is 4. The van der Waals surface area contributed by atoms with Crippen LogP contribution < -0.4 is 0 Å². The molecule has 2 saturated carbocycles. The van der Waals surface area contributed by atoms with E-state index in [2.05, 4.69) is 54.3 Å². The van der Waals surface area contributed by atoms with Gasteiger partial charge in [0.1, 0.15) is 0 Å². The SMILES string of the molecule is C1=CC2C3CC(C4CC=CC(C5C6=C(CCCC6)C(C6C=C(C7=CC8CCCCC8CC7)CCC6)C6CCCCC65)C4)CC=C3S[C@@H]2CC1. The van der Waals surface area contributed by atoms with Crippen molar-refractivity contribution in [1.82, 2.24) is 0 Å². The summed E-state index contributed by atoms with van der Waals surface area (Å²) in [5.74, 6) is 10.7. The van der Waals surface area contributed by atoms with Crippen LogP contribution in [-0.2, 0) is 0 Å². The van der Waals surface area contributed by atoms with Crippen molar-refractivity contribution in [1.29, 1.82) is 0 Å². The Bertz CT molecular complexity index is 1430. The highest BCUT2D eigenvalue weighted by Gasteiger charge is 2.50. The second kappa shape index (κ2) is 14.0. The Hall–Kier alpha value is -1.21. The van der Waals surface area contributed by atoms with Crippen LogP contribution in [0.5, 0.6) is 0 Å². The van der Waals surface area contributed by atoms with Gasteiger partial charge in [-0.25, -0.2) is 0 Å². The zero-order valence-corrected chi connectivity index (χ0v) is 31.5. The van der Waals surface area contributed by atoms with Crippen molar-refractivity contribution in [2.75, 3.05) is 0 Å². The first kappa shape index (κ1) is 32.4. The third-order valence-electron chi connectivity index (χ3n) is 16.8. The van der Waals surface area contributed by atoms with E-state index in [4.69, 9.17) is 0 Å². The topological polar surface area (TPSA) is 0 Å². The molecule has 12 unspecified atom stereocenters. The van der Waals surface area contributed by atoms with Crippen LogP contribution in [0.15, 0.2) is 69.7 Å². The minimum absolute atomic E-state index is 0.812. The Kier molecular flexibility index (Phi) is 9.25. The number of thioether (sulfide) groups is 1. The summed E-state index contributed by atoms with van der Waals surface area (Å²) in [6.07, 6.45) is 52.6. The van der Waals surface area contributed by atoms with E-state index in [0.717, 1.165) is 76.3 Å². The van der Waals surface area contributed by atoms with Gasteiger partial charge in [0.2, 0.25) is 0 Å². The predicted molar refractivity (Wildman–Crippen MR) is 209 cm³/mol. The van der Waals surface area contributed by atoms with E-state index in [1.165, 1.54) is 148 Å². The maximum Gasteiger partial charge on any atom is 0.0163 e. The highest BCUT2D eigenvalue weighted by Crippen LogP contribution is 2.61. The summed E-state index contributed by atoms with van der Waals surface area (Å²) in [6.45, 7) is 0. The molecule has 3 fully saturated rings. The minimum Gasteiger partial charge on any atom is -0.127 e. The molecule has 0 aromatic carbocycles. The van der Waals surface area contributed by atoms with Crippen molar-refractivity contribution in [3.8, 4) is 0 Å². The van der Waals surface area contributed by atoms with Gasteiger partial charge in [0.15, 0.2) is 0 Å². The molecule has 0 N–H and O–H groups in total. The summed E-state index contributed by atoms with van der Waals surface area (Å²) in [6, 6.07) is 0. The summed E-state index contributed by atoms with van der Waals surface area (Å²) in [5.41, 5.74) is 7.73. The van der Waals surface area contributed by atoms with Crippen LogP contribution in [0.4, 0.5) is 0 Å². The van der Waals surface area contributed by atoms with Crippen molar-refractivity contribution < 1.29 is 0 Å². The molecule has 1 heteroatoms. The van der Waals surface area contributed by atoms with E-state index in [9.17, 15) is 0 Å². The van der Waals surface area contributed by atoms with Crippen LogP contribution in [0, 0.1) is 71.0 Å². The highest BCUT2D eigenvalue weighted by atomic mass is 32.2. The second-order valence-electron chi connectivity index (χ2n) is 19.1. The molecule has 0 spiro atoms. The van der Waals surface area contributed by atoms with E-state index in [-0.39, 0.29) is 0 Å². The maximum absolute atomic E-state index is 2.95. The first-order valence-electron chi connectivity index (χ1n) is 22.1. The average Bonchev–Trinajstić information content (AvgIpc) is 3.55. The molecule has 0 aromatic rings. The van der Waals surface area contributed by atoms with Crippen molar-refractivity contribution in [3.05, 3.63) is 69.7 Å². The molecule has 10 aliphatic rings. The lowest BCUT2D eigenvalue weighted by Crippen LogP contribution is -2.45. The summed E-state index contributed by atoms with van der Waals surface area (Å²) < 4.78 is 0. The van der Waals surface area contributed by atoms with Crippen LogP contribution in [0.3, 0.4) is 0 Å². The van der Waals surface area contributed by atoms with E-state index in [1.807, 2.05) is 22.3 Å². The van der Waals surface area contributed by atoms with Crippen LogP contribution in [0.25, 0.3) is 0 Å². The number of allylic oxidation sites excluding steroid dienone is 12. The Labute approximate surface area is 304 Å². The molecule has 1 aliphatic heterocycles. The normalized spacial score (nSPS) is 46.4. The molecule has 13 atom stereocenters. The minimum atomic E-state index is 0.812. The molecule has 1 heterocycles. The van der Waals surface area contributed by atoms with Gasteiger partial charge in [-0.15, -0.1) is 11.8 Å². The zero-order valence-electron chi connectivity index (χ0n) is 30.7. The van der Waals surface area contributed by atoms with Crippen molar-refractivity contribution in [2.24, 2.45) is 71.0 Å². The lowest BCUT2D eigenvalue weighted by atomic mass is 9.50. The quantitative estimate of drug-likeness (QED) is 0.267. The van der Waals surface area contributed by atoms with E-state index in [0.29, 0.717) is 0 Å². The van der Waals surface area contributed by atoms with Gasteiger partial charge in [-0.3, -0.25) is 0 Å². The Balaban J connectivity index is 0.925. The fourth-order valence-electron chi connectivity index (χ4n) is 14.7. The van der Waals surface area contributed by atoms with E-state index < -0.39 is 0 Å². The molecule has 0 bridgehead atoms. The van der Waals surface area contributed by atoms with Gasteiger partial charge in [0.05, 0.1) is 0 Å². The summed E-state index contributed by atoms with van der Waals surface area (Å²) in [7, 11) is 0. The van der Waals surface area contributed by atoms with Gasteiger partial charge in [-0.1, -0.05) is 79.4 Å². The molecular formula is C48H66S. The van der Waals surface area contributed by atoms with Crippen LogP contribution in [0.1, 0.15) is 148 Å². The summed E-state index contributed by atoms with van der Waals surface area (Å²) >= 11 is 2.28. The maximum atomic E-state index is 2.95. The van der Waals surface area contributed by atoms with Gasteiger partial charge in [0, 0.05) is 5.25 Å². The van der Waals surface area contributed by atoms with Gasteiger partial charge < -0.3 is 0 Å². The Morgan fingerprint density at radius 3 is 2.14 bits per heavy atom. The first-order chi connectivity index (χ1) is 24.3. The van der Waals surface area contributed by atoms with E-state index >= 15 is 0 Å². The zero-order chi connectivity index (χ0) is 32.3. The van der Waals surface area contributed by atoms with Gasteiger partial charge >= 0.3 is 0 Å². The molecule has 10 rings (SSSR count). The largest absolute Gasteiger partial charge is 0.127 e. The molecule has 0 amide bonds. The number of hydrogen-bond acceptors (Lipinski definition) is 1. The fraction of sp³-hybridized carbons (Fsp3) is 0.750. The number of fused-ring (bicyclic) bond motifs is 5. The Morgan fingerprint density at radius 1 is 0.531 bits per heavy atom. The predicted octanol–water partition coefficient (Wildman–Crippen LogP) is 13.7. The summed E-state index contributed by atoms with van der Waals surface area (Å²) in [4.78, 5) is 1.79. The van der Waals surface area contributed by atoms with Crippen LogP contribution >= 0.6 is 11.8 Å². The summed E-state index contributed by atoms with van der Waals surface area (Å²) in [5, 5.41) is 0.882. The van der Waals surface area contributed by atoms with Crippen LogP contribution in [-0.4, -0.2) is 5.25 Å². The van der Waals surface area contributed by atoms with Gasteiger partial charge in [0.25, 0.3) is 0 Å². The lowest BCUT2D eigenvalue weighted by molar-refractivity contribution is 0.0572. The molecule has 0 aromatic heterocycles. The monoisotopic (exact) mass is 674 g/mol. The molecular weight excluding hydrogens is 609 g/mol. The number of hydrogen-bond donors (Lipinski definition) is 0. The molecule has 0 radical (unpaired) electrons. The molecule has 0 nitrogen and oxygen atoms in total. The standard InChI is InChI=1S/C48H66S/c1-2-12-32-27-35(24-23-31(32)11-1)33-13-9-15-37(28-33)47-40-18-3-5-20-42(40)48(43-21-6-4-19-41(43)47)38-16-10-14-34(29-38)36-25-26-46-44(30-36)39-17-7-8-22-45(39)49-46/h7,10,16-17,26-28,31-32,34,36-40,42,44-45,47-48H,1-6,8-9,11-15,18-25,29-30H2/t31?,32?,34?,36?,37?,38?,39?,40?,42?,44?,45-,47?,48?/m1/s1. The lowest BCUT2D eigenvalue weighted by Gasteiger charge is -2.54. The van der Waals surface area contributed by atoms with Gasteiger partial charge in [-0.05, 0) is 209 Å². The van der Waals surface area contributed by atoms with Crippen LogP contribution in [0.2, 0.25) is 0 Å². The van der Waals surface area contributed by atoms with E-state index in [1.54, 1.807) is 4.91 Å². The van der Waals surface area contributed by atoms with Gasteiger partial charge in [-0.2, -0.15) is 0 Å². The van der Waals surface area contributed by atoms with Crippen molar-refractivity contribution in [2.45, 2.75) is 153 Å². The van der Waals surface area contributed by atoms with Crippen molar-refractivity contribution >= 4 is 11.8 Å². The first-order valence-corrected chi connectivity index (χ1v) is 23.0. The Morgan fingerprint density at radius 2 is 1.27 bits per heavy atom. The molecule has 264 valence electrons. The van der Waals surface area contributed by atoms with Crippen molar-refractivity contribution in [3.63, 3.8) is 0 Å². The third-order valence-corrected chi connectivity index (χ3v) is 18.4. The second-order valence-corrected chi connectivity index (χ2v) is 20.4. The smallest absolute Gasteiger partial charge is 0.0163 e. The highest BCUT2D eigenvalue weighted by molar-refractivity contribution is 8.04. The molecule has 49 heavy (non-hydrogen) atoms.